The van der Waals surface area contributed by atoms with Gasteiger partial charge in [-0.3, -0.25) is 14.5 Å². The summed E-state index contributed by atoms with van der Waals surface area (Å²) in [5, 5.41) is 3.49. The third-order valence-corrected chi connectivity index (χ3v) is 6.10. The van der Waals surface area contributed by atoms with Crippen LogP contribution in [-0.4, -0.2) is 36.4 Å². The van der Waals surface area contributed by atoms with E-state index in [-0.39, 0.29) is 24.1 Å². The SMILES string of the molecule is CCCCSCCCNC(=O)CN1C(=O)C(=Cc2cccc(Cl)c2)Oc2ccccc21. The molecule has 1 heterocycles. The summed E-state index contributed by atoms with van der Waals surface area (Å²) in [4.78, 5) is 27.1. The van der Waals surface area contributed by atoms with Crippen molar-refractivity contribution in [1.82, 2.24) is 5.32 Å². The third kappa shape index (κ3) is 6.77. The largest absolute Gasteiger partial charge is 0.449 e. The molecule has 1 aliphatic heterocycles. The Labute approximate surface area is 192 Å². The van der Waals surface area contributed by atoms with Gasteiger partial charge in [0.25, 0.3) is 5.91 Å². The molecule has 0 spiro atoms. The average Bonchev–Trinajstić information content (AvgIpc) is 2.76. The lowest BCUT2D eigenvalue weighted by atomic mass is 10.1. The van der Waals surface area contributed by atoms with Crippen LogP contribution < -0.4 is 15.0 Å². The summed E-state index contributed by atoms with van der Waals surface area (Å²) in [6.45, 7) is 2.72. The number of ether oxygens (including phenoxy) is 1. The summed E-state index contributed by atoms with van der Waals surface area (Å²) in [5.74, 6) is 2.32. The Balaban J connectivity index is 1.66. The van der Waals surface area contributed by atoms with Gasteiger partial charge in [0.1, 0.15) is 6.54 Å². The van der Waals surface area contributed by atoms with Crippen LogP contribution in [0.2, 0.25) is 5.02 Å². The molecule has 0 aromatic heterocycles. The normalized spacial score (nSPS) is 14.3. The Morgan fingerprint density at radius 3 is 2.77 bits per heavy atom. The molecular formula is C24H27ClN2O3S. The number of hydrogen-bond acceptors (Lipinski definition) is 4. The standard InChI is InChI=1S/C24H27ClN2O3S/c1-2-3-13-31-14-7-12-26-23(28)17-27-20-10-4-5-11-21(20)30-22(24(27)29)16-18-8-6-9-19(25)15-18/h4-6,8-11,15-16H,2-3,7,12-14,17H2,1H3,(H,26,28). The zero-order valence-electron chi connectivity index (χ0n) is 17.6. The number of nitrogens with zero attached hydrogens (tertiary/aromatic N) is 1. The van der Waals surface area contributed by atoms with Crippen molar-refractivity contribution in [2.24, 2.45) is 0 Å². The number of para-hydroxylation sites is 2. The van der Waals surface area contributed by atoms with Gasteiger partial charge in [-0.15, -0.1) is 0 Å². The van der Waals surface area contributed by atoms with Crippen molar-refractivity contribution in [3.63, 3.8) is 0 Å². The van der Waals surface area contributed by atoms with E-state index in [9.17, 15) is 9.59 Å². The molecular weight excluding hydrogens is 432 g/mol. The van der Waals surface area contributed by atoms with Crippen LogP contribution in [-0.2, 0) is 9.59 Å². The van der Waals surface area contributed by atoms with Gasteiger partial charge in [0.15, 0.2) is 11.5 Å². The van der Waals surface area contributed by atoms with E-state index in [1.54, 1.807) is 30.3 Å². The van der Waals surface area contributed by atoms with Crippen molar-refractivity contribution in [1.29, 1.82) is 0 Å². The Hall–Kier alpha value is -2.44. The molecule has 2 amide bonds. The summed E-state index contributed by atoms with van der Waals surface area (Å²) in [5.41, 5.74) is 1.33. The molecule has 1 N–H and O–H groups in total. The molecule has 0 saturated heterocycles. The number of halogens is 1. The highest BCUT2D eigenvalue weighted by Gasteiger charge is 2.31. The zero-order chi connectivity index (χ0) is 22.1. The van der Waals surface area contributed by atoms with Crippen molar-refractivity contribution in [3.05, 3.63) is 64.9 Å². The molecule has 0 bridgehead atoms. The van der Waals surface area contributed by atoms with Gasteiger partial charge >= 0.3 is 0 Å². The number of thioether (sulfide) groups is 1. The summed E-state index contributed by atoms with van der Waals surface area (Å²) < 4.78 is 5.84. The Bertz CT molecular complexity index is 948. The zero-order valence-corrected chi connectivity index (χ0v) is 19.2. The van der Waals surface area contributed by atoms with E-state index in [0.717, 1.165) is 23.5 Å². The van der Waals surface area contributed by atoms with Gasteiger partial charge in [0.2, 0.25) is 5.91 Å². The second-order valence-corrected chi connectivity index (χ2v) is 8.86. The van der Waals surface area contributed by atoms with Crippen molar-refractivity contribution < 1.29 is 14.3 Å². The predicted octanol–water partition coefficient (Wildman–Crippen LogP) is 5.15. The van der Waals surface area contributed by atoms with Gasteiger partial charge in [-0.05, 0) is 60.3 Å². The quantitative estimate of drug-likeness (QED) is 0.395. The fourth-order valence-corrected chi connectivity index (χ4v) is 4.36. The molecule has 0 saturated carbocycles. The summed E-state index contributed by atoms with van der Waals surface area (Å²) in [6.07, 6.45) is 4.98. The van der Waals surface area contributed by atoms with Gasteiger partial charge in [0, 0.05) is 11.6 Å². The van der Waals surface area contributed by atoms with E-state index in [1.807, 2.05) is 36.0 Å². The van der Waals surface area contributed by atoms with Crippen LogP contribution in [0.25, 0.3) is 6.08 Å². The molecule has 164 valence electrons. The van der Waals surface area contributed by atoms with Crippen LogP contribution in [0.4, 0.5) is 5.69 Å². The van der Waals surface area contributed by atoms with Crippen LogP contribution >= 0.6 is 23.4 Å². The van der Waals surface area contributed by atoms with E-state index in [0.29, 0.717) is 23.0 Å². The summed E-state index contributed by atoms with van der Waals surface area (Å²) in [7, 11) is 0. The highest BCUT2D eigenvalue weighted by Crippen LogP contribution is 2.35. The summed E-state index contributed by atoms with van der Waals surface area (Å²) >= 11 is 7.96. The number of anilines is 1. The third-order valence-electron chi connectivity index (χ3n) is 4.71. The molecule has 7 heteroatoms. The van der Waals surface area contributed by atoms with Crippen molar-refractivity contribution in [2.75, 3.05) is 29.5 Å². The molecule has 3 rings (SSSR count). The molecule has 31 heavy (non-hydrogen) atoms. The first-order valence-corrected chi connectivity index (χ1v) is 12.0. The Kier molecular flexibility index (Phi) is 8.85. The number of hydrogen-bond donors (Lipinski definition) is 1. The number of carbonyl (C=O) groups is 2. The molecule has 1 aliphatic rings. The fraction of sp³-hybridized carbons (Fsp3) is 0.333. The van der Waals surface area contributed by atoms with Gasteiger partial charge in [-0.25, -0.2) is 0 Å². The highest BCUT2D eigenvalue weighted by molar-refractivity contribution is 7.99. The molecule has 2 aromatic rings. The molecule has 0 atom stereocenters. The Morgan fingerprint density at radius 2 is 1.97 bits per heavy atom. The average molecular weight is 459 g/mol. The first-order chi connectivity index (χ1) is 15.1. The minimum atomic E-state index is -0.357. The van der Waals surface area contributed by atoms with Crippen LogP contribution in [0.1, 0.15) is 31.7 Å². The molecule has 2 aromatic carbocycles. The maximum atomic E-state index is 13.1. The second-order valence-electron chi connectivity index (χ2n) is 7.19. The maximum Gasteiger partial charge on any atom is 0.294 e. The van der Waals surface area contributed by atoms with Gasteiger partial charge < -0.3 is 10.1 Å². The van der Waals surface area contributed by atoms with Gasteiger partial charge in [-0.1, -0.05) is 49.2 Å². The first-order valence-electron chi connectivity index (χ1n) is 10.5. The molecule has 0 aliphatic carbocycles. The van der Waals surface area contributed by atoms with Crippen molar-refractivity contribution in [3.8, 4) is 5.75 Å². The lowest BCUT2D eigenvalue weighted by molar-refractivity contribution is -0.123. The molecule has 0 fully saturated rings. The highest BCUT2D eigenvalue weighted by atomic mass is 35.5. The fourth-order valence-electron chi connectivity index (χ4n) is 3.12. The first kappa shape index (κ1) is 23.2. The number of fused-ring (bicyclic) bond motifs is 1. The molecule has 5 nitrogen and oxygen atoms in total. The number of carbonyl (C=O) groups excluding carboxylic acids is 2. The minimum Gasteiger partial charge on any atom is -0.449 e. The topological polar surface area (TPSA) is 58.6 Å². The number of nitrogens with one attached hydrogen (secondary N) is 1. The van der Waals surface area contributed by atoms with E-state index in [2.05, 4.69) is 12.2 Å². The number of benzene rings is 2. The van der Waals surface area contributed by atoms with Crippen molar-refractivity contribution in [2.45, 2.75) is 26.2 Å². The molecule has 0 radical (unpaired) electrons. The van der Waals surface area contributed by atoms with Crippen LogP contribution in [0, 0.1) is 0 Å². The van der Waals surface area contributed by atoms with Crippen molar-refractivity contribution >= 4 is 46.9 Å². The van der Waals surface area contributed by atoms with E-state index < -0.39 is 0 Å². The van der Waals surface area contributed by atoms with Gasteiger partial charge in [0.05, 0.1) is 5.69 Å². The lowest BCUT2D eigenvalue weighted by Gasteiger charge is -2.30. The number of rotatable bonds is 10. The maximum absolute atomic E-state index is 13.1. The second kappa shape index (κ2) is 11.8. The predicted molar refractivity (Wildman–Crippen MR) is 129 cm³/mol. The van der Waals surface area contributed by atoms with Crippen LogP contribution in [0.15, 0.2) is 54.3 Å². The van der Waals surface area contributed by atoms with E-state index in [1.165, 1.54) is 17.7 Å². The van der Waals surface area contributed by atoms with Gasteiger partial charge in [-0.2, -0.15) is 11.8 Å². The van der Waals surface area contributed by atoms with Crippen LogP contribution in [0.3, 0.4) is 0 Å². The smallest absolute Gasteiger partial charge is 0.294 e. The van der Waals surface area contributed by atoms with Crippen LogP contribution in [0.5, 0.6) is 5.75 Å². The monoisotopic (exact) mass is 458 g/mol. The minimum absolute atomic E-state index is 0.0604. The van der Waals surface area contributed by atoms with E-state index in [4.69, 9.17) is 16.3 Å². The number of unbranched alkanes of at least 4 members (excludes halogenated alkanes) is 1. The summed E-state index contributed by atoms with van der Waals surface area (Å²) in [6, 6.07) is 14.4. The number of amides is 2. The van der Waals surface area contributed by atoms with E-state index >= 15 is 0 Å². The Morgan fingerprint density at radius 1 is 1.16 bits per heavy atom. The lowest BCUT2D eigenvalue weighted by Crippen LogP contribution is -2.44. The molecule has 0 unspecified atom stereocenters.